The summed E-state index contributed by atoms with van der Waals surface area (Å²) >= 11 is 0. The number of aliphatic hydroxyl groups is 4. The van der Waals surface area contributed by atoms with Crippen LogP contribution in [0.5, 0.6) is 0 Å². The maximum Gasteiger partial charge on any atom is 0.335 e. The van der Waals surface area contributed by atoms with Crippen molar-refractivity contribution >= 4 is 11.8 Å². The number of carbonyl (C=O) groups is 2. The Hall–Kier alpha value is -4.54. The summed E-state index contributed by atoms with van der Waals surface area (Å²) < 4.78 is 0. The predicted molar refractivity (Wildman–Crippen MR) is 105 cm³/mol. The molecule has 0 aromatic rings. The average molecular weight is 400 g/mol. The molecule has 0 amide bonds. The molecule has 5 N–H and O–H groups in total. The minimum Gasteiger partial charge on any atom is -0.479 e. The quantitative estimate of drug-likeness (QED) is 0.303. The van der Waals surface area contributed by atoms with E-state index in [0.717, 1.165) is 0 Å². The molecule has 0 aromatic heterocycles. The number of Topliss-reactive ketones (excluding diaryl/α,β-unsaturated/α-hetero) is 1. The Morgan fingerprint density at radius 1 is 0.633 bits per heavy atom. The summed E-state index contributed by atoms with van der Waals surface area (Å²) in [5, 5.41) is 46.1. The van der Waals surface area contributed by atoms with Crippen LogP contribution in [0, 0.1) is 95.2 Å². The molecule has 0 heterocycles. The van der Waals surface area contributed by atoms with E-state index < -0.39 is 42.6 Å². The van der Waals surface area contributed by atoms with Crippen molar-refractivity contribution in [3.8, 4) is 95.2 Å². The molecule has 0 saturated carbocycles. The third-order valence-electron chi connectivity index (χ3n) is 2.75. The minimum atomic E-state index is -2.37. The first-order valence-corrected chi connectivity index (χ1v) is 7.74. The van der Waals surface area contributed by atoms with Crippen LogP contribution in [-0.2, 0) is 9.59 Å². The monoisotopic (exact) mass is 400 g/mol. The van der Waals surface area contributed by atoms with Gasteiger partial charge in [-0.1, -0.05) is 5.92 Å². The van der Waals surface area contributed by atoms with Gasteiger partial charge in [0, 0.05) is 0 Å². The topological polar surface area (TPSA) is 135 Å². The van der Waals surface area contributed by atoms with Gasteiger partial charge in [0.05, 0.1) is 6.42 Å². The zero-order chi connectivity index (χ0) is 22.8. The maximum absolute atomic E-state index is 11.6. The summed E-state index contributed by atoms with van der Waals surface area (Å²) in [5.41, 5.74) is 0. The fourth-order valence-corrected chi connectivity index (χ4v) is 1.37. The van der Waals surface area contributed by atoms with Crippen LogP contribution in [0.1, 0.15) is 6.42 Å². The largest absolute Gasteiger partial charge is 0.479 e. The van der Waals surface area contributed by atoms with Gasteiger partial charge in [-0.3, -0.25) is 4.79 Å². The molecule has 0 spiro atoms. The first kappa shape index (κ1) is 25.5. The maximum atomic E-state index is 11.6. The molecule has 146 valence electrons. The van der Waals surface area contributed by atoms with E-state index in [-0.39, 0.29) is 0 Å². The predicted octanol–water partition coefficient (Wildman–Crippen LogP) is -2.87. The van der Waals surface area contributed by atoms with Crippen LogP contribution in [0.25, 0.3) is 0 Å². The van der Waals surface area contributed by atoms with E-state index >= 15 is 0 Å². The lowest BCUT2D eigenvalue weighted by Gasteiger charge is -2.23. The second-order valence-electron chi connectivity index (χ2n) is 4.80. The van der Waals surface area contributed by atoms with Crippen LogP contribution in [0.15, 0.2) is 0 Å². The Morgan fingerprint density at radius 2 is 1.00 bits per heavy atom. The van der Waals surface area contributed by atoms with E-state index in [2.05, 4.69) is 88.8 Å². The molecule has 7 nitrogen and oxygen atoms in total. The number of ketones is 1. The molecule has 4 atom stereocenters. The second kappa shape index (κ2) is 15.5. The van der Waals surface area contributed by atoms with Crippen LogP contribution >= 0.6 is 0 Å². The van der Waals surface area contributed by atoms with Crippen molar-refractivity contribution in [3.05, 3.63) is 0 Å². The van der Waals surface area contributed by atoms with Crippen LogP contribution in [-0.4, -0.2) is 61.7 Å². The molecule has 0 aromatic carbocycles. The molecule has 30 heavy (non-hydrogen) atoms. The summed E-state index contributed by atoms with van der Waals surface area (Å²) in [6.07, 6.45) is -4.62. The number of aliphatic hydroxyl groups excluding tert-OH is 4. The Morgan fingerprint density at radius 3 is 1.40 bits per heavy atom. The standard InChI is InChI=1S/C23H12O7/c1-2-3-4-5-6-7-8-9-10-11-12-13-14-15-16-17-18(24)19(25)20(26)21(27)22(28)23(29)30/h1,19-22,25-28H,17H2,(H,29,30)/t19-,20+,21-,22-/m1/s1. The third-order valence-corrected chi connectivity index (χ3v) is 2.75. The van der Waals surface area contributed by atoms with Gasteiger partial charge < -0.3 is 25.5 Å². The van der Waals surface area contributed by atoms with Crippen molar-refractivity contribution in [2.45, 2.75) is 30.8 Å². The van der Waals surface area contributed by atoms with Gasteiger partial charge in [-0.25, -0.2) is 4.79 Å². The number of terminal acetylenes is 1. The molecule has 7 heteroatoms. The Balaban J connectivity index is 4.61. The fourth-order valence-electron chi connectivity index (χ4n) is 1.37. The van der Waals surface area contributed by atoms with Crippen molar-refractivity contribution in [2.75, 3.05) is 0 Å². The number of carboxylic acid groups (broad SMARTS) is 1. The number of carboxylic acids is 1. The van der Waals surface area contributed by atoms with Crippen molar-refractivity contribution in [3.63, 3.8) is 0 Å². The fraction of sp³-hybridized carbons (Fsp3) is 0.217. The van der Waals surface area contributed by atoms with Gasteiger partial charge in [0.2, 0.25) is 0 Å². The molecule has 0 bridgehead atoms. The zero-order valence-electron chi connectivity index (χ0n) is 15.1. The highest BCUT2D eigenvalue weighted by Crippen LogP contribution is 2.07. The molecular weight excluding hydrogens is 388 g/mol. The molecule has 0 rings (SSSR count). The summed E-state index contributed by atoms with van der Waals surface area (Å²) in [6, 6.07) is 0. The van der Waals surface area contributed by atoms with E-state index in [4.69, 9.17) is 16.6 Å². The number of hydrogen-bond acceptors (Lipinski definition) is 6. The summed E-state index contributed by atoms with van der Waals surface area (Å²) in [5.74, 6) is 32.1. The summed E-state index contributed by atoms with van der Waals surface area (Å²) in [7, 11) is 0. The third kappa shape index (κ3) is 11.2. The zero-order valence-corrected chi connectivity index (χ0v) is 15.1. The van der Waals surface area contributed by atoms with Gasteiger partial charge in [0.1, 0.15) is 18.3 Å². The highest BCUT2D eigenvalue weighted by atomic mass is 16.4. The van der Waals surface area contributed by atoms with E-state index in [0.29, 0.717) is 0 Å². The molecule has 0 aliphatic heterocycles. The van der Waals surface area contributed by atoms with E-state index in [1.54, 1.807) is 0 Å². The van der Waals surface area contributed by atoms with E-state index in [1.165, 1.54) is 0 Å². The van der Waals surface area contributed by atoms with Gasteiger partial charge >= 0.3 is 5.97 Å². The van der Waals surface area contributed by atoms with Crippen molar-refractivity contribution in [2.24, 2.45) is 0 Å². The Bertz CT molecular complexity index is 1140. The summed E-state index contributed by atoms with van der Waals surface area (Å²) in [4.78, 5) is 22.1. The van der Waals surface area contributed by atoms with Crippen LogP contribution < -0.4 is 0 Å². The van der Waals surface area contributed by atoms with Gasteiger partial charge in [0.15, 0.2) is 11.9 Å². The minimum absolute atomic E-state index is 0.543. The lowest BCUT2D eigenvalue weighted by molar-refractivity contribution is -0.165. The lowest BCUT2D eigenvalue weighted by Crippen LogP contribution is -2.49. The van der Waals surface area contributed by atoms with Crippen molar-refractivity contribution in [1.29, 1.82) is 0 Å². The smallest absolute Gasteiger partial charge is 0.335 e. The molecule has 0 aliphatic rings. The second-order valence-corrected chi connectivity index (χ2v) is 4.80. The van der Waals surface area contributed by atoms with Gasteiger partial charge in [0.25, 0.3) is 0 Å². The molecular formula is C23H12O7. The number of hydrogen-bond donors (Lipinski definition) is 5. The summed E-state index contributed by atoms with van der Waals surface area (Å²) in [6.45, 7) is 0. The van der Waals surface area contributed by atoms with Gasteiger partial charge in [-0.2, -0.15) is 0 Å². The molecule has 0 aliphatic carbocycles. The highest BCUT2D eigenvalue weighted by Gasteiger charge is 2.36. The first-order chi connectivity index (χ1) is 14.3. The lowest BCUT2D eigenvalue weighted by atomic mass is 9.99. The normalized spacial score (nSPS) is 11.4. The SMILES string of the molecule is C#CC#CC#CC#CC#CC#CC#CC#CCC(=O)[C@@H](O)[C@H](O)[C@@H](O)[C@@H](O)C(=O)O. The van der Waals surface area contributed by atoms with Crippen molar-refractivity contribution < 1.29 is 35.1 Å². The number of aliphatic carboxylic acids is 1. The molecule has 0 saturated heterocycles. The van der Waals surface area contributed by atoms with Gasteiger partial charge in [-0.05, 0) is 82.9 Å². The highest BCUT2D eigenvalue weighted by molar-refractivity contribution is 5.86. The van der Waals surface area contributed by atoms with Gasteiger partial charge in [-0.15, -0.1) is 6.42 Å². The number of carbonyl (C=O) groups excluding carboxylic acids is 1. The molecule has 0 unspecified atom stereocenters. The van der Waals surface area contributed by atoms with Crippen LogP contribution in [0.3, 0.4) is 0 Å². The molecule has 0 fully saturated rings. The van der Waals surface area contributed by atoms with Crippen LogP contribution in [0.4, 0.5) is 0 Å². The first-order valence-electron chi connectivity index (χ1n) is 7.74. The Kier molecular flexibility index (Phi) is 13.2. The van der Waals surface area contributed by atoms with Crippen molar-refractivity contribution in [1.82, 2.24) is 0 Å². The Labute approximate surface area is 173 Å². The van der Waals surface area contributed by atoms with E-state index in [1.807, 2.05) is 0 Å². The average Bonchev–Trinajstić information content (AvgIpc) is 2.73. The van der Waals surface area contributed by atoms with E-state index in [9.17, 15) is 24.9 Å². The van der Waals surface area contributed by atoms with Crippen LogP contribution in [0.2, 0.25) is 0 Å². The number of rotatable bonds is 6. The molecule has 0 radical (unpaired) electrons.